The number of nitrogens with zero attached hydrogens (tertiary/aromatic N) is 2. The van der Waals surface area contributed by atoms with E-state index in [1.165, 1.54) is 25.7 Å². The highest BCUT2D eigenvalue weighted by Gasteiger charge is 2.38. The van der Waals surface area contributed by atoms with Gasteiger partial charge in [-0.05, 0) is 25.2 Å². The highest BCUT2D eigenvalue weighted by molar-refractivity contribution is 6.00. The van der Waals surface area contributed by atoms with Crippen LogP contribution in [0.4, 0.5) is 0 Å². The van der Waals surface area contributed by atoms with Gasteiger partial charge in [-0.2, -0.15) is 5.10 Å². The molecule has 0 spiro atoms. The second-order valence-corrected chi connectivity index (χ2v) is 5.37. The van der Waals surface area contributed by atoms with E-state index >= 15 is 0 Å². The lowest BCUT2D eigenvalue weighted by Crippen LogP contribution is -2.37. The number of fused-ring (bicyclic) bond motifs is 1. The summed E-state index contributed by atoms with van der Waals surface area (Å²) < 4.78 is 1.69. The van der Waals surface area contributed by atoms with E-state index in [1.54, 1.807) is 10.9 Å². The maximum absolute atomic E-state index is 12.3. The summed E-state index contributed by atoms with van der Waals surface area (Å²) in [6, 6.07) is 0.599. The van der Waals surface area contributed by atoms with Crippen LogP contribution in [0, 0.1) is 5.92 Å². The van der Waals surface area contributed by atoms with Crippen molar-refractivity contribution in [2.45, 2.75) is 44.2 Å². The molecule has 2 heterocycles. The van der Waals surface area contributed by atoms with Crippen LogP contribution in [-0.2, 0) is 7.05 Å². The Morgan fingerprint density at radius 2 is 2.29 bits per heavy atom. The predicted molar refractivity (Wildman–Crippen MR) is 64.8 cm³/mol. The van der Waals surface area contributed by atoms with E-state index in [9.17, 15) is 4.79 Å². The summed E-state index contributed by atoms with van der Waals surface area (Å²) >= 11 is 0. The lowest BCUT2D eigenvalue weighted by atomic mass is 9.84. The van der Waals surface area contributed by atoms with Crippen molar-refractivity contribution in [1.82, 2.24) is 15.1 Å². The molecule has 1 aliphatic heterocycles. The van der Waals surface area contributed by atoms with E-state index in [2.05, 4.69) is 10.4 Å². The molecule has 0 amide bonds. The van der Waals surface area contributed by atoms with E-state index < -0.39 is 0 Å². The Morgan fingerprint density at radius 1 is 1.47 bits per heavy atom. The molecule has 4 nitrogen and oxygen atoms in total. The van der Waals surface area contributed by atoms with Crippen LogP contribution in [0.5, 0.6) is 0 Å². The molecule has 1 saturated carbocycles. The van der Waals surface area contributed by atoms with Crippen molar-refractivity contribution >= 4 is 5.78 Å². The van der Waals surface area contributed by atoms with Crippen LogP contribution in [0.15, 0.2) is 12.4 Å². The second-order valence-electron chi connectivity index (χ2n) is 5.37. The summed E-state index contributed by atoms with van der Waals surface area (Å²) in [6.07, 6.45) is 9.66. The minimum atomic E-state index is 0.0206. The zero-order chi connectivity index (χ0) is 11.8. The molecule has 3 rings (SSSR count). The number of aromatic nitrogens is 2. The van der Waals surface area contributed by atoms with Crippen LogP contribution in [-0.4, -0.2) is 27.6 Å². The van der Waals surface area contributed by atoms with Crippen LogP contribution < -0.4 is 5.32 Å². The van der Waals surface area contributed by atoms with Gasteiger partial charge in [0.25, 0.3) is 0 Å². The molecule has 2 fully saturated rings. The monoisotopic (exact) mass is 233 g/mol. The Morgan fingerprint density at radius 3 is 3.00 bits per heavy atom. The van der Waals surface area contributed by atoms with Crippen molar-refractivity contribution in [3.05, 3.63) is 18.0 Å². The van der Waals surface area contributed by atoms with Crippen molar-refractivity contribution in [1.29, 1.82) is 0 Å². The van der Waals surface area contributed by atoms with Crippen molar-refractivity contribution in [3.8, 4) is 0 Å². The number of hydrogen-bond acceptors (Lipinski definition) is 3. The Balaban J connectivity index is 1.71. The van der Waals surface area contributed by atoms with Crippen LogP contribution in [0.2, 0.25) is 0 Å². The average molecular weight is 233 g/mol. The van der Waals surface area contributed by atoms with Gasteiger partial charge < -0.3 is 5.32 Å². The number of ketones is 1. The van der Waals surface area contributed by atoms with E-state index in [4.69, 9.17) is 0 Å². The third kappa shape index (κ3) is 2.02. The molecule has 1 aliphatic carbocycles. The number of hydrogen-bond donors (Lipinski definition) is 1. The summed E-state index contributed by atoms with van der Waals surface area (Å²) in [7, 11) is 1.85. The van der Waals surface area contributed by atoms with E-state index in [0.29, 0.717) is 6.04 Å². The first kappa shape index (κ1) is 11.0. The Kier molecular flexibility index (Phi) is 2.74. The zero-order valence-electron chi connectivity index (χ0n) is 10.2. The number of aryl methyl sites for hydroxylation is 1. The molecule has 92 valence electrons. The van der Waals surface area contributed by atoms with E-state index in [-0.39, 0.29) is 11.8 Å². The fraction of sp³-hybridized carbons (Fsp3) is 0.692. The smallest absolute Gasteiger partial charge is 0.182 e. The minimum Gasteiger partial charge on any atom is -0.304 e. The number of carbonyl (C=O) groups is 1. The van der Waals surface area contributed by atoms with Crippen LogP contribution in [0.3, 0.4) is 0 Å². The third-order valence-electron chi connectivity index (χ3n) is 4.17. The summed E-state index contributed by atoms with van der Waals surface area (Å²) in [5.74, 6) is 0.932. The second kappa shape index (κ2) is 4.26. The van der Waals surface area contributed by atoms with Gasteiger partial charge in [0.05, 0.1) is 17.8 Å². The van der Waals surface area contributed by atoms with E-state index in [1.807, 2.05) is 13.2 Å². The SMILES string of the molecule is Cn1cc(C(=O)C2CC3CCCCC3N2)cn1. The van der Waals surface area contributed by atoms with Crippen molar-refractivity contribution < 1.29 is 4.79 Å². The van der Waals surface area contributed by atoms with Gasteiger partial charge in [-0.25, -0.2) is 0 Å². The summed E-state index contributed by atoms with van der Waals surface area (Å²) in [6.45, 7) is 0. The van der Waals surface area contributed by atoms with Gasteiger partial charge in [0, 0.05) is 19.3 Å². The predicted octanol–water partition coefficient (Wildman–Crippen LogP) is 1.52. The summed E-state index contributed by atoms with van der Waals surface area (Å²) in [4.78, 5) is 12.3. The van der Waals surface area contributed by atoms with Gasteiger partial charge in [0.1, 0.15) is 0 Å². The molecule has 2 aliphatic rings. The highest BCUT2D eigenvalue weighted by Crippen LogP contribution is 2.33. The first-order valence-corrected chi connectivity index (χ1v) is 6.53. The van der Waals surface area contributed by atoms with Crippen molar-refractivity contribution in [3.63, 3.8) is 0 Å². The summed E-state index contributed by atoms with van der Waals surface area (Å²) in [5, 5.41) is 7.58. The quantitative estimate of drug-likeness (QED) is 0.788. The van der Waals surface area contributed by atoms with Gasteiger partial charge in [0.2, 0.25) is 0 Å². The molecular weight excluding hydrogens is 214 g/mol. The molecule has 0 bridgehead atoms. The molecule has 0 aromatic carbocycles. The fourth-order valence-electron chi connectivity index (χ4n) is 3.27. The number of rotatable bonds is 2. The Bertz CT molecular complexity index is 412. The Hall–Kier alpha value is -1.16. The maximum atomic E-state index is 12.3. The first-order chi connectivity index (χ1) is 8.24. The fourth-order valence-corrected chi connectivity index (χ4v) is 3.27. The molecular formula is C13H19N3O. The molecule has 4 heteroatoms. The normalized spacial score (nSPS) is 32.4. The third-order valence-corrected chi connectivity index (χ3v) is 4.17. The average Bonchev–Trinajstić information content (AvgIpc) is 2.93. The van der Waals surface area contributed by atoms with Crippen LogP contribution in [0.1, 0.15) is 42.5 Å². The number of nitrogens with one attached hydrogen (secondary N) is 1. The van der Waals surface area contributed by atoms with E-state index in [0.717, 1.165) is 17.9 Å². The molecule has 3 atom stereocenters. The lowest BCUT2D eigenvalue weighted by Gasteiger charge is -2.24. The van der Waals surface area contributed by atoms with Gasteiger partial charge in [-0.3, -0.25) is 9.48 Å². The molecule has 0 radical (unpaired) electrons. The van der Waals surface area contributed by atoms with Gasteiger partial charge in [-0.15, -0.1) is 0 Å². The minimum absolute atomic E-state index is 0.0206. The van der Waals surface area contributed by atoms with Gasteiger partial charge >= 0.3 is 0 Å². The molecule has 17 heavy (non-hydrogen) atoms. The van der Waals surface area contributed by atoms with Crippen molar-refractivity contribution in [2.75, 3.05) is 0 Å². The van der Waals surface area contributed by atoms with Crippen LogP contribution in [0.25, 0.3) is 0 Å². The molecule has 1 N–H and O–H groups in total. The molecule has 3 unspecified atom stereocenters. The van der Waals surface area contributed by atoms with Crippen molar-refractivity contribution in [2.24, 2.45) is 13.0 Å². The zero-order valence-corrected chi connectivity index (χ0v) is 10.2. The molecule has 1 aromatic rings. The topological polar surface area (TPSA) is 46.9 Å². The Labute approximate surface area is 101 Å². The van der Waals surface area contributed by atoms with Crippen LogP contribution >= 0.6 is 0 Å². The van der Waals surface area contributed by atoms with Gasteiger partial charge in [0.15, 0.2) is 5.78 Å². The van der Waals surface area contributed by atoms with Gasteiger partial charge in [-0.1, -0.05) is 12.8 Å². The molecule has 1 saturated heterocycles. The number of carbonyl (C=O) groups excluding carboxylic acids is 1. The number of Topliss-reactive ketones (excluding diaryl/α,β-unsaturated/α-hetero) is 1. The standard InChI is InChI=1S/C13H19N3O/c1-16-8-10(7-14-16)13(17)12-6-9-4-2-3-5-11(9)15-12/h7-9,11-12,15H,2-6H2,1H3. The largest absolute Gasteiger partial charge is 0.304 e. The lowest BCUT2D eigenvalue weighted by molar-refractivity contribution is 0.0949. The summed E-state index contributed by atoms with van der Waals surface area (Å²) in [5.41, 5.74) is 0.739. The highest BCUT2D eigenvalue weighted by atomic mass is 16.1. The molecule has 1 aromatic heterocycles. The maximum Gasteiger partial charge on any atom is 0.182 e. The first-order valence-electron chi connectivity index (χ1n) is 6.53.